The lowest BCUT2D eigenvalue weighted by Gasteiger charge is -2.32. The first kappa shape index (κ1) is 36.2. The highest BCUT2D eigenvalue weighted by atomic mass is 16.4. The Labute approximate surface area is 370 Å². The van der Waals surface area contributed by atoms with Crippen molar-refractivity contribution in [3.8, 4) is 44.8 Å². The van der Waals surface area contributed by atoms with E-state index in [1.807, 2.05) is 0 Å². The Hall–Kier alpha value is -8.47. The molecule has 0 saturated heterocycles. The zero-order valence-corrected chi connectivity index (χ0v) is 34.8. The van der Waals surface area contributed by atoms with Crippen molar-refractivity contribution in [1.29, 1.82) is 0 Å². The molecule has 0 atom stereocenters. The van der Waals surface area contributed by atoms with Crippen LogP contribution in [0.5, 0.6) is 0 Å². The standard InChI is InChI=1S/C60H38N2O2/c1-3-50-53(4-2)64-59(61-50)45-36-55-57(43-23-9-8-20-40(43)45)58-52(30-17-31-54(58)63-55)62(39-34-32-38(33-35-39)37-18-6-5-7-19-37)51-29-16-28-49-56(51)44-24-12-15-27-48(44)60(49)46-25-13-10-21-41(46)42-22-11-14-26-47(42)60/h3-36H,1-2H2. The quantitative estimate of drug-likeness (QED) is 0.161. The van der Waals surface area contributed by atoms with Gasteiger partial charge in [-0.05, 0) is 109 Å². The minimum atomic E-state index is -0.490. The van der Waals surface area contributed by atoms with Crippen LogP contribution in [0.25, 0.3) is 89.7 Å². The Bertz CT molecular complexity index is 3650. The van der Waals surface area contributed by atoms with Crippen LogP contribution in [-0.2, 0) is 5.41 Å². The van der Waals surface area contributed by atoms with E-state index in [0.29, 0.717) is 17.3 Å². The molecule has 0 bridgehead atoms. The highest BCUT2D eigenvalue weighted by Gasteiger charge is 2.52. The molecular formula is C60H38N2O2. The first-order valence-corrected chi connectivity index (χ1v) is 21.7. The molecule has 0 saturated carbocycles. The number of hydrogen-bond donors (Lipinski definition) is 0. The topological polar surface area (TPSA) is 42.4 Å². The van der Waals surface area contributed by atoms with E-state index in [0.717, 1.165) is 60.9 Å². The first-order valence-electron chi connectivity index (χ1n) is 21.7. The smallest absolute Gasteiger partial charge is 0.228 e. The summed E-state index contributed by atoms with van der Waals surface area (Å²) < 4.78 is 13.2. The molecule has 0 fully saturated rings. The van der Waals surface area contributed by atoms with Gasteiger partial charge in [-0.25, -0.2) is 4.98 Å². The van der Waals surface area contributed by atoms with Crippen LogP contribution >= 0.6 is 0 Å². The number of rotatable bonds is 7. The summed E-state index contributed by atoms with van der Waals surface area (Å²) in [5.41, 5.74) is 18.2. The van der Waals surface area contributed by atoms with E-state index in [9.17, 15) is 0 Å². The van der Waals surface area contributed by atoms with Gasteiger partial charge in [0.15, 0.2) is 5.76 Å². The van der Waals surface area contributed by atoms with Crippen molar-refractivity contribution < 1.29 is 8.83 Å². The summed E-state index contributed by atoms with van der Waals surface area (Å²) >= 11 is 0. The van der Waals surface area contributed by atoms with Crippen LogP contribution in [0.3, 0.4) is 0 Å². The lowest BCUT2D eigenvalue weighted by atomic mass is 9.70. The molecule has 0 amide bonds. The van der Waals surface area contributed by atoms with E-state index in [2.05, 4.69) is 212 Å². The normalized spacial score (nSPS) is 12.9. The molecule has 4 nitrogen and oxygen atoms in total. The Morgan fingerprint density at radius 3 is 1.75 bits per heavy atom. The van der Waals surface area contributed by atoms with Crippen molar-refractivity contribution in [3.63, 3.8) is 0 Å². The Balaban J connectivity index is 1.12. The molecule has 13 rings (SSSR count). The number of furan rings is 1. The van der Waals surface area contributed by atoms with Crippen molar-refractivity contribution in [1.82, 2.24) is 4.98 Å². The molecule has 9 aromatic carbocycles. The molecule has 2 aromatic heterocycles. The number of aromatic nitrogens is 1. The number of hydrogen-bond acceptors (Lipinski definition) is 4. The third kappa shape index (κ3) is 4.91. The molecule has 4 heteroatoms. The van der Waals surface area contributed by atoms with Gasteiger partial charge in [0.1, 0.15) is 16.9 Å². The van der Waals surface area contributed by atoms with Crippen LogP contribution in [-0.4, -0.2) is 4.98 Å². The van der Waals surface area contributed by atoms with Crippen LogP contribution in [0.1, 0.15) is 33.7 Å². The zero-order valence-electron chi connectivity index (χ0n) is 34.8. The van der Waals surface area contributed by atoms with Crippen LogP contribution in [0.2, 0.25) is 0 Å². The Kier molecular flexibility index (Phi) is 7.79. The highest BCUT2D eigenvalue weighted by molar-refractivity contribution is 6.25. The molecular weight excluding hydrogens is 781 g/mol. The van der Waals surface area contributed by atoms with Gasteiger partial charge in [-0.3, -0.25) is 0 Å². The summed E-state index contributed by atoms with van der Waals surface area (Å²) in [6.45, 7) is 7.92. The maximum Gasteiger partial charge on any atom is 0.228 e. The molecule has 0 aliphatic heterocycles. The minimum Gasteiger partial charge on any atom is -0.456 e. The van der Waals surface area contributed by atoms with Gasteiger partial charge < -0.3 is 13.7 Å². The second-order valence-corrected chi connectivity index (χ2v) is 16.6. The summed E-state index contributed by atoms with van der Waals surface area (Å²) in [5.74, 6) is 1.07. The predicted molar refractivity (Wildman–Crippen MR) is 263 cm³/mol. The fourth-order valence-electron chi connectivity index (χ4n) is 10.9. The van der Waals surface area contributed by atoms with E-state index in [-0.39, 0.29) is 0 Å². The number of nitrogens with zero attached hydrogens (tertiary/aromatic N) is 2. The van der Waals surface area contributed by atoms with Crippen LogP contribution in [0.15, 0.2) is 216 Å². The van der Waals surface area contributed by atoms with Gasteiger partial charge in [-0.2, -0.15) is 0 Å². The highest BCUT2D eigenvalue weighted by Crippen LogP contribution is 2.65. The SMILES string of the molecule is C=Cc1nc(-c2cc3oc4cccc(N(c5ccc(-c6ccccc6)cc5)c5cccc6c5-c5ccccc5C65c6ccccc6-c6ccccc65)c4c3c3ccccc23)oc1C=C. The van der Waals surface area contributed by atoms with Gasteiger partial charge >= 0.3 is 0 Å². The summed E-state index contributed by atoms with van der Waals surface area (Å²) in [6.07, 6.45) is 3.37. The monoisotopic (exact) mass is 818 g/mol. The zero-order chi connectivity index (χ0) is 42.5. The molecule has 300 valence electrons. The van der Waals surface area contributed by atoms with Crippen molar-refractivity contribution in [2.45, 2.75) is 5.41 Å². The Morgan fingerprint density at radius 2 is 1.05 bits per heavy atom. The second-order valence-electron chi connectivity index (χ2n) is 16.6. The molecule has 0 radical (unpaired) electrons. The Morgan fingerprint density at radius 1 is 0.453 bits per heavy atom. The second kappa shape index (κ2) is 13.8. The summed E-state index contributed by atoms with van der Waals surface area (Å²) in [6, 6.07) is 70.4. The van der Waals surface area contributed by atoms with Crippen LogP contribution < -0.4 is 4.90 Å². The van der Waals surface area contributed by atoms with Gasteiger partial charge in [0, 0.05) is 22.2 Å². The fourth-order valence-corrected chi connectivity index (χ4v) is 10.9. The number of fused-ring (bicyclic) bond motifs is 15. The first-order chi connectivity index (χ1) is 31.7. The fraction of sp³-hybridized carbons (Fsp3) is 0.0167. The molecule has 0 N–H and O–H groups in total. The van der Waals surface area contributed by atoms with Crippen LogP contribution in [0.4, 0.5) is 17.1 Å². The third-order valence-electron chi connectivity index (χ3n) is 13.5. The molecule has 2 heterocycles. The average molecular weight is 819 g/mol. The molecule has 1 spiro atoms. The number of benzene rings is 9. The molecule has 0 unspecified atom stereocenters. The predicted octanol–water partition coefficient (Wildman–Crippen LogP) is 16.2. The minimum absolute atomic E-state index is 0.490. The largest absolute Gasteiger partial charge is 0.456 e. The van der Waals surface area contributed by atoms with Gasteiger partial charge in [0.05, 0.1) is 22.2 Å². The van der Waals surface area contributed by atoms with Gasteiger partial charge in [-0.1, -0.05) is 171 Å². The average Bonchev–Trinajstić information content (AvgIpc) is 4.12. The van der Waals surface area contributed by atoms with Crippen molar-refractivity contribution in [2.75, 3.05) is 4.90 Å². The number of anilines is 3. The summed E-state index contributed by atoms with van der Waals surface area (Å²) in [7, 11) is 0. The van der Waals surface area contributed by atoms with Crippen LogP contribution in [0, 0.1) is 0 Å². The molecule has 64 heavy (non-hydrogen) atoms. The van der Waals surface area contributed by atoms with Crippen molar-refractivity contribution >= 4 is 61.9 Å². The molecule has 2 aliphatic carbocycles. The van der Waals surface area contributed by atoms with E-state index in [4.69, 9.17) is 13.8 Å². The lowest BCUT2D eigenvalue weighted by Crippen LogP contribution is -2.26. The van der Waals surface area contributed by atoms with Gasteiger partial charge in [-0.15, -0.1) is 0 Å². The molecule has 11 aromatic rings. The summed E-state index contributed by atoms with van der Waals surface area (Å²) in [5, 5.41) is 4.10. The van der Waals surface area contributed by atoms with E-state index in [1.165, 1.54) is 50.1 Å². The maximum absolute atomic E-state index is 6.92. The van der Waals surface area contributed by atoms with Gasteiger partial charge in [0.25, 0.3) is 0 Å². The van der Waals surface area contributed by atoms with Crippen molar-refractivity contribution in [2.24, 2.45) is 0 Å². The lowest BCUT2D eigenvalue weighted by molar-refractivity contribution is 0.565. The van der Waals surface area contributed by atoms with E-state index in [1.54, 1.807) is 12.2 Å². The maximum atomic E-state index is 6.92. The molecule has 2 aliphatic rings. The third-order valence-corrected chi connectivity index (χ3v) is 13.5. The van der Waals surface area contributed by atoms with Gasteiger partial charge in [0.2, 0.25) is 5.89 Å². The van der Waals surface area contributed by atoms with Crippen molar-refractivity contribution in [3.05, 3.63) is 241 Å². The summed E-state index contributed by atoms with van der Waals surface area (Å²) in [4.78, 5) is 7.29. The van der Waals surface area contributed by atoms with E-state index < -0.39 is 5.41 Å². The van der Waals surface area contributed by atoms with E-state index >= 15 is 0 Å². The number of oxazole rings is 1.